The van der Waals surface area contributed by atoms with Gasteiger partial charge in [-0.2, -0.15) is 0 Å². The van der Waals surface area contributed by atoms with Gasteiger partial charge >= 0.3 is 0 Å². The lowest BCUT2D eigenvalue weighted by Gasteiger charge is -2.37. The van der Waals surface area contributed by atoms with Crippen LogP contribution in [-0.2, 0) is 4.79 Å². The molecular weight excluding hydrogens is 264 g/mol. The normalized spacial score (nSPS) is 25.0. The average molecular weight is 282 g/mol. The number of aliphatic hydroxyl groups is 2. The largest absolute Gasteiger partial charge is 0.504 e. The Bertz CT molecular complexity index is 525. The smallest absolute Gasteiger partial charge is 0.261 e. The van der Waals surface area contributed by atoms with Gasteiger partial charge in [-0.3, -0.25) is 15.2 Å². The molecule has 0 atom stereocenters. The van der Waals surface area contributed by atoms with Crippen LogP contribution < -0.4 is 0 Å². The zero-order valence-electron chi connectivity index (χ0n) is 11.7. The highest BCUT2D eigenvalue weighted by Crippen LogP contribution is 2.44. The minimum atomic E-state index is -0.903. The van der Waals surface area contributed by atoms with E-state index in [1.54, 1.807) is 27.7 Å². The van der Waals surface area contributed by atoms with E-state index in [2.05, 4.69) is 0 Å². The Morgan fingerprint density at radius 3 is 1.60 bits per heavy atom. The second kappa shape index (κ2) is 4.00. The van der Waals surface area contributed by atoms with E-state index >= 15 is 0 Å². The summed E-state index contributed by atoms with van der Waals surface area (Å²) in [6.45, 7) is 6.91. The van der Waals surface area contributed by atoms with Crippen LogP contribution in [0, 0.1) is 0 Å². The zero-order valence-corrected chi connectivity index (χ0v) is 11.7. The molecule has 2 rings (SSSR count). The number of rotatable bonds is 0. The molecule has 0 aromatic rings. The van der Waals surface area contributed by atoms with E-state index in [1.165, 1.54) is 0 Å². The van der Waals surface area contributed by atoms with E-state index in [9.17, 15) is 25.4 Å². The third-order valence-corrected chi connectivity index (χ3v) is 4.27. The van der Waals surface area contributed by atoms with Crippen molar-refractivity contribution in [3.8, 4) is 0 Å². The molecule has 0 radical (unpaired) electrons. The van der Waals surface area contributed by atoms with Crippen molar-refractivity contribution in [1.29, 1.82) is 0 Å². The molecule has 1 saturated heterocycles. The Morgan fingerprint density at radius 1 is 0.900 bits per heavy atom. The zero-order chi connectivity index (χ0) is 15.5. The van der Waals surface area contributed by atoms with Gasteiger partial charge in [0.25, 0.3) is 5.78 Å². The van der Waals surface area contributed by atoms with Crippen LogP contribution in [0.4, 0.5) is 0 Å². The second-order valence-corrected chi connectivity index (χ2v) is 5.91. The average Bonchev–Trinajstić information content (AvgIpc) is 2.45. The van der Waals surface area contributed by atoms with Crippen molar-refractivity contribution < 1.29 is 25.4 Å². The van der Waals surface area contributed by atoms with Crippen molar-refractivity contribution in [2.24, 2.45) is 0 Å². The van der Waals surface area contributed by atoms with Crippen LogP contribution in [0.15, 0.2) is 35.1 Å². The van der Waals surface area contributed by atoms with Gasteiger partial charge in [0.15, 0.2) is 17.3 Å². The van der Waals surface area contributed by atoms with Crippen LogP contribution in [0.1, 0.15) is 27.7 Å². The summed E-state index contributed by atoms with van der Waals surface area (Å²) in [4.78, 5) is 11.3. The first-order valence-electron chi connectivity index (χ1n) is 6.10. The van der Waals surface area contributed by atoms with Crippen molar-refractivity contribution >= 4 is 5.78 Å². The first-order valence-corrected chi connectivity index (χ1v) is 6.10. The highest BCUT2D eigenvalue weighted by atomic mass is 16.6. The minimum Gasteiger partial charge on any atom is -0.504 e. The number of Topliss-reactive ketones (excluding diaryl/α,β-unsaturated/α-hetero) is 1. The van der Waals surface area contributed by atoms with E-state index in [0.717, 1.165) is 22.3 Å². The fourth-order valence-electron chi connectivity index (χ4n) is 2.11. The summed E-state index contributed by atoms with van der Waals surface area (Å²) in [5.41, 5.74) is -1.54. The van der Waals surface area contributed by atoms with Crippen LogP contribution >= 0.6 is 0 Å². The molecule has 0 aromatic carbocycles. The molecular formula is C13H18N2O5. The van der Waals surface area contributed by atoms with Crippen LogP contribution in [0.25, 0.3) is 0 Å². The maximum Gasteiger partial charge on any atom is 0.261 e. The van der Waals surface area contributed by atoms with Gasteiger partial charge in [-0.25, -0.2) is 10.1 Å². The molecule has 0 spiro atoms. The SMILES string of the molecule is CC1(C)N(O)C(=C2C=C(O)C(=O)C(O)=C2)N(O)C1(C)C. The Morgan fingerprint density at radius 2 is 1.25 bits per heavy atom. The first-order chi connectivity index (χ1) is 9.01. The summed E-state index contributed by atoms with van der Waals surface area (Å²) < 4.78 is 0. The number of nitrogens with zero attached hydrogens (tertiary/aromatic N) is 2. The molecule has 1 heterocycles. The number of hydrogen-bond donors (Lipinski definition) is 4. The van der Waals surface area contributed by atoms with Gasteiger partial charge in [-0.1, -0.05) is 0 Å². The number of ketones is 1. The Balaban J connectivity index is 2.64. The van der Waals surface area contributed by atoms with Gasteiger partial charge < -0.3 is 10.2 Å². The van der Waals surface area contributed by atoms with E-state index < -0.39 is 28.4 Å². The van der Waals surface area contributed by atoms with Crippen molar-refractivity contribution in [3.63, 3.8) is 0 Å². The summed E-state index contributed by atoms with van der Waals surface area (Å²) in [5.74, 6) is -2.24. The summed E-state index contributed by atoms with van der Waals surface area (Å²) in [6.07, 6.45) is 2.17. The molecule has 1 aliphatic carbocycles. The monoisotopic (exact) mass is 282 g/mol. The Kier molecular flexibility index (Phi) is 2.88. The third-order valence-electron chi connectivity index (χ3n) is 4.27. The van der Waals surface area contributed by atoms with Crippen molar-refractivity contribution in [1.82, 2.24) is 10.1 Å². The van der Waals surface area contributed by atoms with Gasteiger partial charge in [-0.05, 0) is 39.8 Å². The van der Waals surface area contributed by atoms with Crippen LogP contribution in [0.2, 0.25) is 0 Å². The lowest BCUT2D eigenvalue weighted by atomic mass is 9.84. The number of allylic oxidation sites excluding steroid dienone is 3. The predicted octanol–water partition coefficient (Wildman–Crippen LogP) is 1.62. The summed E-state index contributed by atoms with van der Waals surface area (Å²) >= 11 is 0. The van der Waals surface area contributed by atoms with E-state index in [1.807, 2.05) is 0 Å². The van der Waals surface area contributed by atoms with Crippen LogP contribution in [0.5, 0.6) is 0 Å². The highest BCUT2D eigenvalue weighted by molar-refractivity contribution is 6.06. The van der Waals surface area contributed by atoms with Gasteiger partial charge in [-0.15, -0.1) is 0 Å². The number of hydroxylamine groups is 4. The molecule has 0 unspecified atom stereocenters. The lowest BCUT2D eigenvalue weighted by molar-refractivity contribution is -0.125. The molecule has 0 aromatic heterocycles. The summed E-state index contributed by atoms with van der Waals surface area (Å²) in [5, 5.41) is 41.2. The maximum absolute atomic E-state index is 11.3. The van der Waals surface area contributed by atoms with Crippen molar-refractivity contribution in [3.05, 3.63) is 35.1 Å². The molecule has 4 N–H and O–H groups in total. The van der Waals surface area contributed by atoms with Gasteiger partial charge in [0.05, 0.1) is 11.1 Å². The molecule has 7 heteroatoms. The summed E-state index contributed by atoms with van der Waals surface area (Å²) in [7, 11) is 0. The standard InChI is InChI=1S/C13H18N2O5/c1-12(2)13(3,4)15(20)11(14(12)19)7-5-8(16)10(18)9(17)6-7/h5-6,16-17,19-20H,1-4H3. The molecule has 0 bridgehead atoms. The Hall–Kier alpha value is -1.99. The molecule has 110 valence electrons. The second-order valence-electron chi connectivity index (χ2n) is 5.91. The molecule has 1 fully saturated rings. The maximum atomic E-state index is 11.3. The lowest BCUT2D eigenvalue weighted by Crippen LogP contribution is -2.52. The number of hydrogen-bond acceptors (Lipinski definition) is 7. The topological polar surface area (TPSA) is 104 Å². The van der Waals surface area contributed by atoms with Crippen LogP contribution in [0.3, 0.4) is 0 Å². The fraction of sp³-hybridized carbons (Fsp3) is 0.462. The van der Waals surface area contributed by atoms with E-state index in [0.29, 0.717) is 0 Å². The molecule has 2 aliphatic rings. The van der Waals surface area contributed by atoms with Gasteiger partial charge in [0.1, 0.15) is 0 Å². The quantitative estimate of drug-likeness (QED) is 0.535. The molecule has 1 aliphatic heterocycles. The van der Waals surface area contributed by atoms with Crippen LogP contribution in [-0.4, -0.2) is 47.6 Å². The minimum absolute atomic E-state index is 0.0226. The van der Waals surface area contributed by atoms with Gasteiger partial charge in [0, 0.05) is 5.57 Å². The van der Waals surface area contributed by atoms with E-state index in [4.69, 9.17) is 0 Å². The van der Waals surface area contributed by atoms with Gasteiger partial charge in [0.2, 0.25) is 0 Å². The fourth-order valence-corrected chi connectivity index (χ4v) is 2.11. The van der Waals surface area contributed by atoms with Crippen molar-refractivity contribution in [2.45, 2.75) is 38.8 Å². The third kappa shape index (κ3) is 1.63. The molecule has 20 heavy (non-hydrogen) atoms. The van der Waals surface area contributed by atoms with E-state index in [-0.39, 0.29) is 11.4 Å². The number of aliphatic hydroxyl groups excluding tert-OH is 2. The highest BCUT2D eigenvalue weighted by Gasteiger charge is 2.56. The molecule has 0 saturated carbocycles. The molecule has 7 nitrogen and oxygen atoms in total. The number of carbonyl (C=O) groups is 1. The Labute approximate surface area is 116 Å². The van der Waals surface area contributed by atoms with Crippen molar-refractivity contribution in [2.75, 3.05) is 0 Å². The molecule has 0 amide bonds. The summed E-state index contributed by atoms with van der Waals surface area (Å²) in [6, 6.07) is 0. The number of carbonyl (C=O) groups excluding carboxylic acids is 1. The first kappa shape index (κ1) is 14.4. The predicted molar refractivity (Wildman–Crippen MR) is 68.9 cm³/mol.